The molecule has 1 N–H and O–H groups in total. The summed E-state index contributed by atoms with van der Waals surface area (Å²) in [5.41, 5.74) is 2.53. The molecule has 0 aliphatic carbocycles. The van der Waals surface area contributed by atoms with Crippen LogP contribution in [0.15, 0.2) is 54.6 Å². The van der Waals surface area contributed by atoms with Crippen molar-refractivity contribution in [3.8, 4) is 5.75 Å². The quantitative estimate of drug-likeness (QED) is 0.861. The molecule has 2 heteroatoms. The van der Waals surface area contributed by atoms with Crippen LogP contribution in [0.1, 0.15) is 25.0 Å². The first kappa shape index (κ1) is 14.6. The van der Waals surface area contributed by atoms with Crippen LogP contribution in [-0.4, -0.2) is 22.6 Å². The number of hydrogen-bond donors (Lipinski definition) is 1. The predicted octanol–water partition coefficient (Wildman–Crippen LogP) is 3.85. The van der Waals surface area contributed by atoms with Crippen molar-refractivity contribution in [1.82, 2.24) is 4.90 Å². The molecule has 0 spiro atoms. The molecule has 0 aliphatic heterocycles. The number of benzene rings is 2. The standard InChI is InChI=1S/C18H23NO/c1-15(2)19(14-17-7-4-3-5-8-17)12-11-16-9-6-10-18(20)13-16/h3-10,13,15,20H,11-12,14H2,1-2H3. The number of phenolic OH excluding ortho intramolecular Hbond substituents is 1. The molecule has 0 fully saturated rings. The topological polar surface area (TPSA) is 23.5 Å². The van der Waals surface area contributed by atoms with Gasteiger partial charge >= 0.3 is 0 Å². The molecule has 0 atom stereocenters. The third-order valence-electron chi connectivity index (χ3n) is 3.56. The Morgan fingerprint density at radius 2 is 1.65 bits per heavy atom. The van der Waals surface area contributed by atoms with E-state index in [-0.39, 0.29) is 0 Å². The van der Waals surface area contributed by atoms with Crippen LogP contribution < -0.4 is 0 Å². The van der Waals surface area contributed by atoms with E-state index in [4.69, 9.17) is 0 Å². The molecule has 0 bridgehead atoms. The zero-order valence-corrected chi connectivity index (χ0v) is 12.3. The van der Waals surface area contributed by atoms with Crippen molar-refractivity contribution in [2.45, 2.75) is 32.9 Å². The Kier molecular flexibility index (Phi) is 5.19. The van der Waals surface area contributed by atoms with E-state index >= 15 is 0 Å². The first-order chi connectivity index (χ1) is 9.65. The average Bonchev–Trinajstić information content (AvgIpc) is 2.44. The Bertz CT molecular complexity index is 522. The van der Waals surface area contributed by atoms with E-state index in [1.807, 2.05) is 12.1 Å². The van der Waals surface area contributed by atoms with Crippen LogP contribution in [0.25, 0.3) is 0 Å². The largest absolute Gasteiger partial charge is 0.508 e. The van der Waals surface area contributed by atoms with Gasteiger partial charge in [0.25, 0.3) is 0 Å². The molecule has 0 unspecified atom stereocenters. The molecule has 0 saturated heterocycles. The van der Waals surface area contributed by atoms with Crippen molar-refractivity contribution in [1.29, 1.82) is 0 Å². The van der Waals surface area contributed by atoms with E-state index in [1.54, 1.807) is 6.07 Å². The zero-order chi connectivity index (χ0) is 14.4. The maximum absolute atomic E-state index is 9.51. The van der Waals surface area contributed by atoms with Crippen LogP contribution in [0.5, 0.6) is 5.75 Å². The fourth-order valence-corrected chi connectivity index (χ4v) is 2.32. The van der Waals surface area contributed by atoms with E-state index in [0.29, 0.717) is 11.8 Å². The molecule has 2 nitrogen and oxygen atoms in total. The minimum Gasteiger partial charge on any atom is -0.508 e. The van der Waals surface area contributed by atoms with Gasteiger partial charge in [0, 0.05) is 19.1 Å². The smallest absolute Gasteiger partial charge is 0.115 e. The summed E-state index contributed by atoms with van der Waals surface area (Å²) in [5.74, 6) is 0.349. The van der Waals surface area contributed by atoms with Crippen molar-refractivity contribution < 1.29 is 5.11 Å². The number of phenols is 1. The van der Waals surface area contributed by atoms with Crippen LogP contribution in [0, 0.1) is 0 Å². The normalized spacial score (nSPS) is 11.2. The molecule has 0 aliphatic rings. The SMILES string of the molecule is CC(C)N(CCc1cccc(O)c1)Cc1ccccc1. The summed E-state index contributed by atoms with van der Waals surface area (Å²) in [5, 5.41) is 9.51. The van der Waals surface area contributed by atoms with E-state index in [2.05, 4.69) is 55.1 Å². The van der Waals surface area contributed by atoms with Gasteiger partial charge in [-0.05, 0) is 43.5 Å². The predicted molar refractivity (Wildman–Crippen MR) is 83.8 cm³/mol. The number of nitrogens with zero attached hydrogens (tertiary/aromatic N) is 1. The van der Waals surface area contributed by atoms with Crippen molar-refractivity contribution >= 4 is 0 Å². The summed E-state index contributed by atoms with van der Waals surface area (Å²) in [6.07, 6.45) is 0.958. The van der Waals surface area contributed by atoms with Crippen LogP contribution in [0.4, 0.5) is 0 Å². The van der Waals surface area contributed by atoms with Gasteiger partial charge in [0.15, 0.2) is 0 Å². The number of hydrogen-bond acceptors (Lipinski definition) is 2. The van der Waals surface area contributed by atoms with E-state index in [9.17, 15) is 5.11 Å². The highest BCUT2D eigenvalue weighted by Crippen LogP contribution is 2.14. The number of rotatable bonds is 6. The minimum atomic E-state index is 0.349. The Labute approximate surface area is 121 Å². The van der Waals surface area contributed by atoms with Gasteiger partial charge in [0.2, 0.25) is 0 Å². The first-order valence-electron chi connectivity index (χ1n) is 7.21. The van der Waals surface area contributed by atoms with Crippen LogP contribution in [0.2, 0.25) is 0 Å². The summed E-state index contributed by atoms with van der Waals surface area (Å²) in [6.45, 7) is 6.42. The molecule has 0 aromatic heterocycles. The summed E-state index contributed by atoms with van der Waals surface area (Å²) < 4.78 is 0. The Hall–Kier alpha value is -1.80. The molecule has 0 amide bonds. The highest BCUT2D eigenvalue weighted by Gasteiger charge is 2.10. The maximum Gasteiger partial charge on any atom is 0.115 e. The second-order valence-electron chi connectivity index (χ2n) is 5.47. The summed E-state index contributed by atoms with van der Waals surface area (Å²) in [4.78, 5) is 2.46. The fraction of sp³-hybridized carbons (Fsp3) is 0.333. The maximum atomic E-state index is 9.51. The summed E-state index contributed by atoms with van der Waals surface area (Å²) >= 11 is 0. The van der Waals surface area contributed by atoms with E-state index in [0.717, 1.165) is 19.5 Å². The summed E-state index contributed by atoms with van der Waals surface area (Å²) in [6, 6.07) is 18.6. The lowest BCUT2D eigenvalue weighted by Gasteiger charge is -2.26. The first-order valence-corrected chi connectivity index (χ1v) is 7.21. The Morgan fingerprint density at radius 1 is 0.950 bits per heavy atom. The molecule has 0 heterocycles. The highest BCUT2D eigenvalue weighted by atomic mass is 16.3. The molecule has 2 rings (SSSR count). The lowest BCUT2D eigenvalue weighted by Crippen LogP contribution is -2.32. The lowest BCUT2D eigenvalue weighted by atomic mass is 10.1. The average molecular weight is 269 g/mol. The van der Waals surface area contributed by atoms with Crippen molar-refractivity contribution in [2.75, 3.05) is 6.54 Å². The molecular formula is C18H23NO. The monoisotopic (exact) mass is 269 g/mol. The van der Waals surface area contributed by atoms with Crippen LogP contribution in [0.3, 0.4) is 0 Å². The molecule has 2 aromatic rings. The van der Waals surface area contributed by atoms with Gasteiger partial charge < -0.3 is 5.11 Å². The van der Waals surface area contributed by atoms with E-state index in [1.165, 1.54) is 11.1 Å². The molecule has 0 radical (unpaired) electrons. The van der Waals surface area contributed by atoms with Crippen LogP contribution in [-0.2, 0) is 13.0 Å². The number of aromatic hydroxyl groups is 1. The summed E-state index contributed by atoms with van der Waals surface area (Å²) in [7, 11) is 0. The second-order valence-corrected chi connectivity index (χ2v) is 5.47. The zero-order valence-electron chi connectivity index (χ0n) is 12.3. The van der Waals surface area contributed by atoms with Crippen molar-refractivity contribution in [2.24, 2.45) is 0 Å². The van der Waals surface area contributed by atoms with E-state index < -0.39 is 0 Å². The van der Waals surface area contributed by atoms with Gasteiger partial charge in [0.05, 0.1) is 0 Å². The van der Waals surface area contributed by atoms with Gasteiger partial charge in [-0.15, -0.1) is 0 Å². The second kappa shape index (κ2) is 7.11. The molecule has 20 heavy (non-hydrogen) atoms. The third kappa shape index (κ3) is 4.39. The minimum absolute atomic E-state index is 0.349. The molecule has 2 aromatic carbocycles. The van der Waals surface area contributed by atoms with Gasteiger partial charge in [-0.25, -0.2) is 0 Å². The van der Waals surface area contributed by atoms with Gasteiger partial charge in [-0.3, -0.25) is 4.90 Å². The van der Waals surface area contributed by atoms with Gasteiger partial charge in [-0.2, -0.15) is 0 Å². The Morgan fingerprint density at radius 3 is 2.30 bits per heavy atom. The van der Waals surface area contributed by atoms with Gasteiger partial charge in [-0.1, -0.05) is 42.5 Å². The lowest BCUT2D eigenvalue weighted by molar-refractivity contribution is 0.215. The highest BCUT2D eigenvalue weighted by molar-refractivity contribution is 5.27. The van der Waals surface area contributed by atoms with Gasteiger partial charge in [0.1, 0.15) is 5.75 Å². The van der Waals surface area contributed by atoms with Crippen LogP contribution >= 0.6 is 0 Å². The molecule has 106 valence electrons. The van der Waals surface area contributed by atoms with Crippen molar-refractivity contribution in [3.05, 3.63) is 65.7 Å². The molecular weight excluding hydrogens is 246 g/mol. The Balaban J connectivity index is 1.96. The van der Waals surface area contributed by atoms with Crippen molar-refractivity contribution in [3.63, 3.8) is 0 Å². The fourth-order valence-electron chi connectivity index (χ4n) is 2.32. The third-order valence-corrected chi connectivity index (χ3v) is 3.56. The molecule has 0 saturated carbocycles.